The largest absolute Gasteiger partial charge is 0.393 e. The summed E-state index contributed by atoms with van der Waals surface area (Å²) in [4.78, 5) is 9.78. The van der Waals surface area contributed by atoms with Crippen molar-refractivity contribution in [2.75, 3.05) is 6.61 Å². The summed E-state index contributed by atoms with van der Waals surface area (Å²) < 4.78 is 0. The minimum atomic E-state index is -2.32. The molecule has 5 N–H and O–H groups in total. The average molecular weight is 135 g/mol. The Morgan fingerprint density at radius 1 is 1.78 bits per heavy atom. The smallest absolute Gasteiger partial charge is 0.199 e. The molecule has 0 saturated carbocycles. The van der Waals surface area contributed by atoms with Crippen LogP contribution in [0.5, 0.6) is 0 Å². The molecule has 0 bridgehead atoms. The molecular formula is C4H9NO4. The Kier molecular flexibility index (Phi) is 2.72. The third-order valence-electron chi connectivity index (χ3n) is 0.896. The Bertz CT molecular complexity index is 103. The molecule has 9 heavy (non-hydrogen) atoms. The van der Waals surface area contributed by atoms with Crippen LogP contribution >= 0.6 is 0 Å². The number of rotatable bonds is 3. The molecule has 0 amide bonds. The molecule has 0 aromatic heterocycles. The molecule has 2 atom stereocenters. The van der Waals surface area contributed by atoms with E-state index < -0.39 is 18.4 Å². The van der Waals surface area contributed by atoms with E-state index in [2.05, 4.69) is 0 Å². The van der Waals surface area contributed by atoms with E-state index in [0.717, 1.165) is 0 Å². The summed E-state index contributed by atoms with van der Waals surface area (Å²) in [6.07, 6.45) is -1.65. The molecule has 0 heterocycles. The predicted molar refractivity (Wildman–Crippen MR) is 28.3 cm³/mol. The molecule has 0 rings (SSSR count). The quantitative estimate of drug-likeness (QED) is 0.247. The fourth-order valence-corrected chi connectivity index (χ4v) is 0.225. The standard InChI is InChI=1S/C4H9NO4/c5-4(9,2-7)3(8)1-6/h2-3,6,8-9H,1,5H2. The van der Waals surface area contributed by atoms with Crippen LogP contribution in [-0.2, 0) is 4.79 Å². The van der Waals surface area contributed by atoms with E-state index in [0.29, 0.717) is 0 Å². The monoisotopic (exact) mass is 135 g/mol. The molecular weight excluding hydrogens is 126 g/mol. The second kappa shape index (κ2) is 2.88. The van der Waals surface area contributed by atoms with Crippen molar-refractivity contribution >= 4 is 6.29 Å². The molecule has 5 nitrogen and oxygen atoms in total. The van der Waals surface area contributed by atoms with Gasteiger partial charge in [0, 0.05) is 0 Å². The predicted octanol–water partition coefficient (Wildman–Crippen LogP) is -2.81. The SMILES string of the molecule is NC(O)(C=O)C(O)CO. The van der Waals surface area contributed by atoms with E-state index in [4.69, 9.17) is 21.1 Å². The minimum Gasteiger partial charge on any atom is -0.393 e. The van der Waals surface area contributed by atoms with Crippen molar-refractivity contribution in [1.82, 2.24) is 0 Å². The van der Waals surface area contributed by atoms with E-state index in [-0.39, 0.29) is 6.29 Å². The van der Waals surface area contributed by atoms with Crippen LogP contribution in [0.3, 0.4) is 0 Å². The maximum atomic E-state index is 9.78. The number of aldehydes is 1. The zero-order valence-corrected chi connectivity index (χ0v) is 4.69. The normalized spacial score (nSPS) is 20.4. The molecule has 0 aliphatic carbocycles. The number of hydrogen-bond donors (Lipinski definition) is 4. The first-order chi connectivity index (χ1) is 4.04. The number of carbonyl (C=O) groups is 1. The zero-order chi connectivity index (χ0) is 7.49. The highest BCUT2D eigenvalue weighted by molar-refractivity contribution is 5.61. The summed E-state index contributed by atoms with van der Waals surface area (Å²) >= 11 is 0. The lowest BCUT2D eigenvalue weighted by molar-refractivity contribution is -0.139. The van der Waals surface area contributed by atoms with Gasteiger partial charge in [-0.05, 0) is 0 Å². The van der Waals surface area contributed by atoms with Gasteiger partial charge in [-0.25, -0.2) is 0 Å². The van der Waals surface area contributed by atoms with Crippen LogP contribution < -0.4 is 5.73 Å². The van der Waals surface area contributed by atoms with Crippen LogP contribution in [0.1, 0.15) is 0 Å². The van der Waals surface area contributed by atoms with Crippen molar-refractivity contribution in [3.05, 3.63) is 0 Å². The molecule has 0 fully saturated rings. The Morgan fingerprint density at radius 3 is 2.33 bits per heavy atom. The lowest BCUT2D eigenvalue weighted by Crippen LogP contribution is -2.53. The molecule has 0 radical (unpaired) electrons. The number of nitrogens with two attached hydrogens (primary N) is 1. The van der Waals surface area contributed by atoms with E-state index >= 15 is 0 Å². The zero-order valence-electron chi connectivity index (χ0n) is 4.69. The molecule has 0 aromatic rings. The van der Waals surface area contributed by atoms with E-state index in [1.165, 1.54) is 0 Å². The van der Waals surface area contributed by atoms with Crippen LogP contribution in [0.2, 0.25) is 0 Å². The fourth-order valence-electron chi connectivity index (χ4n) is 0.225. The molecule has 2 unspecified atom stereocenters. The maximum absolute atomic E-state index is 9.78. The highest BCUT2D eigenvalue weighted by atomic mass is 16.4. The lowest BCUT2D eigenvalue weighted by atomic mass is 10.1. The van der Waals surface area contributed by atoms with Crippen LogP contribution in [0.4, 0.5) is 0 Å². The average Bonchev–Trinajstić information content (AvgIpc) is 1.86. The van der Waals surface area contributed by atoms with Gasteiger partial charge in [-0.1, -0.05) is 0 Å². The third-order valence-corrected chi connectivity index (χ3v) is 0.896. The summed E-state index contributed by atoms with van der Waals surface area (Å²) in [7, 11) is 0. The van der Waals surface area contributed by atoms with Crippen molar-refractivity contribution in [3.63, 3.8) is 0 Å². The summed E-state index contributed by atoms with van der Waals surface area (Å²) in [5.74, 6) is 0. The Morgan fingerprint density at radius 2 is 2.22 bits per heavy atom. The lowest BCUT2D eigenvalue weighted by Gasteiger charge is -2.19. The first-order valence-corrected chi connectivity index (χ1v) is 2.31. The van der Waals surface area contributed by atoms with Crippen LogP contribution in [0, 0.1) is 0 Å². The molecule has 0 aliphatic heterocycles. The minimum absolute atomic E-state index is 0.0338. The van der Waals surface area contributed by atoms with Gasteiger partial charge in [0.2, 0.25) is 0 Å². The summed E-state index contributed by atoms with van der Waals surface area (Å²) in [6.45, 7) is -0.744. The van der Waals surface area contributed by atoms with Crippen LogP contribution in [-0.4, -0.2) is 40.0 Å². The van der Waals surface area contributed by atoms with Crippen LogP contribution in [0.15, 0.2) is 0 Å². The Labute approximate surface area is 51.7 Å². The van der Waals surface area contributed by atoms with Crippen molar-refractivity contribution in [2.24, 2.45) is 5.73 Å². The molecule has 0 spiro atoms. The molecule has 54 valence electrons. The number of carbonyl (C=O) groups excluding carboxylic acids is 1. The van der Waals surface area contributed by atoms with E-state index in [1.807, 2.05) is 0 Å². The number of aliphatic hydroxyl groups is 3. The van der Waals surface area contributed by atoms with E-state index in [9.17, 15) is 4.79 Å². The van der Waals surface area contributed by atoms with E-state index in [1.54, 1.807) is 0 Å². The topological polar surface area (TPSA) is 104 Å². The second-order valence-electron chi connectivity index (χ2n) is 1.70. The van der Waals surface area contributed by atoms with Gasteiger partial charge in [0.05, 0.1) is 6.61 Å². The molecule has 0 saturated heterocycles. The van der Waals surface area contributed by atoms with Gasteiger partial charge in [-0.3, -0.25) is 10.5 Å². The first-order valence-electron chi connectivity index (χ1n) is 2.31. The van der Waals surface area contributed by atoms with Gasteiger partial charge in [-0.2, -0.15) is 0 Å². The molecule has 5 heteroatoms. The van der Waals surface area contributed by atoms with Gasteiger partial charge >= 0.3 is 0 Å². The van der Waals surface area contributed by atoms with Gasteiger partial charge in [0.1, 0.15) is 6.10 Å². The fraction of sp³-hybridized carbons (Fsp3) is 0.750. The van der Waals surface area contributed by atoms with Gasteiger partial charge in [0.25, 0.3) is 0 Å². The Hall–Kier alpha value is -0.490. The van der Waals surface area contributed by atoms with Gasteiger partial charge in [-0.15, -0.1) is 0 Å². The van der Waals surface area contributed by atoms with Crippen molar-refractivity contribution < 1.29 is 20.1 Å². The highest BCUT2D eigenvalue weighted by Crippen LogP contribution is 1.96. The summed E-state index contributed by atoms with van der Waals surface area (Å²) in [5.41, 5.74) is 2.42. The molecule has 0 aliphatic rings. The van der Waals surface area contributed by atoms with Crippen molar-refractivity contribution in [3.8, 4) is 0 Å². The van der Waals surface area contributed by atoms with Gasteiger partial charge in [0.15, 0.2) is 12.0 Å². The van der Waals surface area contributed by atoms with Crippen molar-refractivity contribution in [1.29, 1.82) is 0 Å². The third kappa shape index (κ3) is 2.06. The maximum Gasteiger partial charge on any atom is 0.199 e. The van der Waals surface area contributed by atoms with Crippen molar-refractivity contribution in [2.45, 2.75) is 11.8 Å². The number of hydrogen-bond acceptors (Lipinski definition) is 5. The first kappa shape index (κ1) is 8.51. The Balaban J connectivity index is 3.95. The summed E-state index contributed by atoms with van der Waals surface area (Å²) in [6, 6.07) is 0. The second-order valence-corrected chi connectivity index (χ2v) is 1.70. The highest BCUT2D eigenvalue weighted by Gasteiger charge is 2.29. The number of aliphatic hydroxyl groups excluding tert-OH is 2. The van der Waals surface area contributed by atoms with Crippen LogP contribution in [0.25, 0.3) is 0 Å². The summed E-state index contributed by atoms with van der Waals surface area (Å²) in [5, 5.41) is 25.3. The molecule has 0 aromatic carbocycles. The van der Waals surface area contributed by atoms with Gasteiger partial charge < -0.3 is 15.3 Å².